The number of nitrogens with zero attached hydrogens (tertiary/aromatic N) is 1. The lowest BCUT2D eigenvalue weighted by atomic mass is 10.1. The zero-order valence-electron chi connectivity index (χ0n) is 9.32. The van der Waals surface area contributed by atoms with Crippen molar-refractivity contribution in [3.05, 3.63) is 58.2 Å². The third-order valence-electron chi connectivity index (χ3n) is 2.48. The molecule has 0 radical (unpaired) electrons. The van der Waals surface area contributed by atoms with Crippen LogP contribution in [0.3, 0.4) is 0 Å². The van der Waals surface area contributed by atoms with Gasteiger partial charge in [0.1, 0.15) is 5.82 Å². The summed E-state index contributed by atoms with van der Waals surface area (Å²) < 4.78 is 0. The van der Waals surface area contributed by atoms with Crippen molar-refractivity contribution in [2.24, 2.45) is 0 Å². The van der Waals surface area contributed by atoms with Crippen LogP contribution in [0.2, 0.25) is 10.0 Å². The summed E-state index contributed by atoms with van der Waals surface area (Å²) in [5.41, 5.74) is 0.963. The maximum Gasteiger partial charge on any atom is 0.126 e. The zero-order valence-corrected chi connectivity index (χ0v) is 10.8. The van der Waals surface area contributed by atoms with E-state index in [2.05, 4.69) is 10.3 Å². The Bertz CT molecular complexity index is 500. The molecule has 0 fully saturated rings. The number of aromatic nitrogens is 1. The fourth-order valence-electron chi connectivity index (χ4n) is 1.60. The summed E-state index contributed by atoms with van der Waals surface area (Å²) in [5.74, 6) is 0.816. The van der Waals surface area contributed by atoms with Crippen LogP contribution in [-0.4, -0.2) is 4.98 Å². The van der Waals surface area contributed by atoms with Gasteiger partial charge in [-0.3, -0.25) is 0 Å². The van der Waals surface area contributed by atoms with Crippen molar-refractivity contribution < 1.29 is 0 Å². The Morgan fingerprint density at radius 2 is 1.94 bits per heavy atom. The fraction of sp³-hybridized carbons (Fsp3) is 0.154. The second-order valence-electron chi connectivity index (χ2n) is 3.72. The van der Waals surface area contributed by atoms with Crippen molar-refractivity contribution in [1.82, 2.24) is 4.98 Å². The quantitative estimate of drug-likeness (QED) is 0.881. The maximum absolute atomic E-state index is 6.16. The van der Waals surface area contributed by atoms with Gasteiger partial charge in [-0.05, 0) is 30.7 Å². The minimum absolute atomic E-state index is 0.0519. The summed E-state index contributed by atoms with van der Waals surface area (Å²) in [6, 6.07) is 11.4. The highest BCUT2D eigenvalue weighted by Gasteiger charge is 2.11. The molecule has 2 aromatic rings. The van der Waals surface area contributed by atoms with Gasteiger partial charge in [0.05, 0.1) is 16.1 Å². The van der Waals surface area contributed by atoms with Gasteiger partial charge in [-0.25, -0.2) is 4.98 Å². The van der Waals surface area contributed by atoms with Crippen molar-refractivity contribution in [1.29, 1.82) is 0 Å². The number of halogens is 2. The van der Waals surface area contributed by atoms with Gasteiger partial charge in [0, 0.05) is 6.20 Å². The van der Waals surface area contributed by atoms with E-state index in [-0.39, 0.29) is 6.04 Å². The lowest BCUT2D eigenvalue weighted by Gasteiger charge is -2.16. The second-order valence-corrected chi connectivity index (χ2v) is 4.51. The molecule has 0 spiro atoms. The molecule has 1 atom stereocenters. The number of anilines is 1. The van der Waals surface area contributed by atoms with E-state index >= 15 is 0 Å². The van der Waals surface area contributed by atoms with E-state index in [1.807, 2.05) is 37.3 Å². The zero-order chi connectivity index (χ0) is 12.3. The molecule has 1 aromatic heterocycles. The van der Waals surface area contributed by atoms with Crippen molar-refractivity contribution in [3.63, 3.8) is 0 Å². The SMILES string of the molecule is CC(Nc1ccccn1)c1cccc(Cl)c1Cl. The van der Waals surface area contributed by atoms with Crippen LogP contribution in [0.15, 0.2) is 42.6 Å². The molecule has 17 heavy (non-hydrogen) atoms. The molecule has 0 amide bonds. The largest absolute Gasteiger partial charge is 0.363 e. The molecule has 0 aliphatic carbocycles. The van der Waals surface area contributed by atoms with Crippen molar-refractivity contribution in [3.8, 4) is 0 Å². The van der Waals surface area contributed by atoms with Gasteiger partial charge in [0.25, 0.3) is 0 Å². The van der Waals surface area contributed by atoms with Crippen molar-refractivity contribution in [2.75, 3.05) is 5.32 Å². The van der Waals surface area contributed by atoms with Gasteiger partial charge in [-0.15, -0.1) is 0 Å². The number of benzene rings is 1. The molecule has 1 aromatic carbocycles. The Morgan fingerprint density at radius 1 is 1.12 bits per heavy atom. The Morgan fingerprint density at radius 3 is 2.65 bits per heavy atom. The van der Waals surface area contributed by atoms with E-state index in [9.17, 15) is 0 Å². The van der Waals surface area contributed by atoms with Crippen LogP contribution in [0.4, 0.5) is 5.82 Å². The Labute approximate surface area is 111 Å². The van der Waals surface area contributed by atoms with Crippen LogP contribution in [-0.2, 0) is 0 Å². The Hall–Kier alpha value is -1.25. The summed E-state index contributed by atoms with van der Waals surface area (Å²) in [6.07, 6.45) is 1.74. The summed E-state index contributed by atoms with van der Waals surface area (Å²) in [6.45, 7) is 2.02. The van der Waals surface area contributed by atoms with Crippen LogP contribution >= 0.6 is 23.2 Å². The van der Waals surface area contributed by atoms with E-state index in [1.165, 1.54) is 0 Å². The number of hydrogen-bond donors (Lipinski definition) is 1. The highest BCUT2D eigenvalue weighted by atomic mass is 35.5. The molecule has 4 heteroatoms. The number of hydrogen-bond acceptors (Lipinski definition) is 2. The van der Waals surface area contributed by atoms with E-state index in [0.717, 1.165) is 11.4 Å². The molecule has 1 heterocycles. The van der Waals surface area contributed by atoms with Gasteiger partial charge in [-0.1, -0.05) is 41.4 Å². The Balaban J connectivity index is 2.20. The fourth-order valence-corrected chi connectivity index (χ4v) is 2.07. The lowest BCUT2D eigenvalue weighted by molar-refractivity contribution is 0.875. The molecule has 2 rings (SSSR count). The monoisotopic (exact) mass is 266 g/mol. The van der Waals surface area contributed by atoms with Crippen LogP contribution in [0.5, 0.6) is 0 Å². The third kappa shape index (κ3) is 2.90. The molecule has 1 N–H and O–H groups in total. The predicted molar refractivity (Wildman–Crippen MR) is 72.7 cm³/mol. The maximum atomic E-state index is 6.16. The van der Waals surface area contributed by atoms with E-state index < -0.39 is 0 Å². The molecule has 2 nitrogen and oxygen atoms in total. The summed E-state index contributed by atoms with van der Waals surface area (Å²) in [7, 11) is 0. The minimum atomic E-state index is 0.0519. The number of pyridine rings is 1. The van der Waals surface area contributed by atoms with E-state index in [4.69, 9.17) is 23.2 Å². The van der Waals surface area contributed by atoms with Crippen molar-refractivity contribution >= 4 is 29.0 Å². The standard InChI is InChI=1S/C13H12Cl2N2/c1-9(17-12-7-2-3-8-16-12)10-5-4-6-11(14)13(10)15/h2-9H,1H3,(H,16,17). The topological polar surface area (TPSA) is 24.9 Å². The van der Waals surface area contributed by atoms with Gasteiger partial charge < -0.3 is 5.32 Å². The molecule has 0 saturated heterocycles. The van der Waals surface area contributed by atoms with Crippen LogP contribution in [0.1, 0.15) is 18.5 Å². The van der Waals surface area contributed by atoms with E-state index in [1.54, 1.807) is 12.3 Å². The summed E-state index contributed by atoms with van der Waals surface area (Å²) in [4.78, 5) is 4.21. The first-order valence-electron chi connectivity index (χ1n) is 5.30. The second kappa shape index (κ2) is 5.39. The van der Waals surface area contributed by atoms with E-state index in [0.29, 0.717) is 10.0 Å². The predicted octanol–water partition coefficient (Wildman–Crippen LogP) is 4.56. The van der Waals surface area contributed by atoms with Gasteiger partial charge >= 0.3 is 0 Å². The molecule has 0 saturated carbocycles. The highest BCUT2D eigenvalue weighted by molar-refractivity contribution is 6.42. The average molecular weight is 267 g/mol. The molecule has 0 aliphatic heterocycles. The minimum Gasteiger partial charge on any atom is -0.363 e. The summed E-state index contributed by atoms with van der Waals surface area (Å²) in [5, 5.41) is 4.43. The molecule has 1 unspecified atom stereocenters. The Kier molecular flexibility index (Phi) is 3.87. The number of nitrogens with one attached hydrogen (secondary N) is 1. The lowest BCUT2D eigenvalue weighted by Crippen LogP contribution is -2.08. The van der Waals surface area contributed by atoms with Crippen LogP contribution < -0.4 is 5.32 Å². The van der Waals surface area contributed by atoms with Crippen molar-refractivity contribution in [2.45, 2.75) is 13.0 Å². The third-order valence-corrected chi connectivity index (χ3v) is 3.31. The first kappa shape index (κ1) is 12.2. The molecular weight excluding hydrogens is 255 g/mol. The van der Waals surface area contributed by atoms with Gasteiger partial charge in [0.2, 0.25) is 0 Å². The molecular formula is C13H12Cl2N2. The first-order chi connectivity index (χ1) is 8.18. The van der Waals surface area contributed by atoms with Gasteiger partial charge in [-0.2, -0.15) is 0 Å². The summed E-state index contributed by atoms with van der Waals surface area (Å²) >= 11 is 12.1. The molecule has 0 bridgehead atoms. The molecule has 88 valence electrons. The average Bonchev–Trinajstić information content (AvgIpc) is 2.34. The van der Waals surface area contributed by atoms with Crippen LogP contribution in [0.25, 0.3) is 0 Å². The molecule has 0 aliphatic rings. The smallest absolute Gasteiger partial charge is 0.126 e. The highest BCUT2D eigenvalue weighted by Crippen LogP contribution is 2.30. The van der Waals surface area contributed by atoms with Gasteiger partial charge in [0.15, 0.2) is 0 Å². The normalized spacial score (nSPS) is 12.2. The first-order valence-corrected chi connectivity index (χ1v) is 6.05. The number of rotatable bonds is 3. The van der Waals surface area contributed by atoms with Crippen LogP contribution in [0, 0.1) is 0 Å².